The van der Waals surface area contributed by atoms with Crippen molar-refractivity contribution in [1.82, 2.24) is 4.98 Å². The van der Waals surface area contributed by atoms with Gasteiger partial charge in [-0.15, -0.1) is 0 Å². The fraction of sp³-hybridized carbons (Fsp3) is 0.194. The Kier molecular flexibility index (Phi) is 6.51. The highest BCUT2D eigenvalue weighted by atomic mass is 32.1. The molecule has 2 aliphatic rings. The van der Waals surface area contributed by atoms with Crippen molar-refractivity contribution < 1.29 is 28.9 Å². The van der Waals surface area contributed by atoms with Gasteiger partial charge in [-0.3, -0.25) is 14.5 Å². The number of thiazole rings is 1. The van der Waals surface area contributed by atoms with Crippen molar-refractivity contribution in [2.45, 2.75) is 25.5 Å². The van der Waals surface area contributed by atoms with Gasteiger partial charge in [-0.25, -0.2) is 4.98 Å². The number of nitrogens with zero attached hydrogens (tertiary/aromatic N) is 2. The number of hydrogen-bond acceptors (Lipinski definition) is 8. The number of fused-ring (bicyclic) bond motifs is 2. The van der Waals surface area contributed by atoms with Crippen LogP contribution in [0.1, 0.15) is 29.7 Å². The van der Waals surface area contributed by atoms with E-state index in [1.54, 1.807) is 61.7 Å². The molecule has 1 N–H and O–H groups in total. The summed E-state index contributed by atoms with van der Waals surface area (Å²) in [5.74, 6) is 0.231. The van der Waals surface area contributed by atoms with Crippen molar-refractivity contribution in [3.05, 3.63) is 95.6 Å². The summed E-state index contributed by atoms with van der Waals surface area (Å²) in [6.45, 7) is 5.98. The molecule has 0 saturated carbocycles. The van der Waals surface area contributed by atoms with Crippen LogP contribution in [0.5, 0.6) is 17.2 Å². The molecule has 4 aromatic rings. The first kappa shape index (κ1) is 25.6. The van der Waals surface area contributed by atoms with E-state index >= 15 is 0 Å². The van der Waals surface area contributed by atoms with Gasteiger partial charge in [0.2, 0.25) is 0 Å². The molecule has 0 aliphatic carbocycles. The van der Waals surface area contributed by atoms with Crippen LogP contribution in [0.25, 0.3) is 16.0 Å². The van der Waals surface area contributed by atoms with E-state index < -0.39 is 17.7 Å². The second-order valence-electron chi connectivity index (χ2n) is 9.62. The molecule has 1 fully saturated rings. The highest BCUT2D eigenvalue weighted by Gasteiger charge is 2.48. The molecule has 0 bridgehead atoms. The van der Waals surface area contributed by atoms with E-state index in [-0.39, 0.29) is 17.4 Å². The molecule has 202 valence electrons. The van der Waals surface area contributed by atoms with Crippen molar-refractivity contribution in [3.8, 4) is 17.2 Å². The molecule has 0 spiro atoms. The lowest BCUT2D eigenvalue weighted by molar-refractivity contribution is -0.132. The Bertz CT molecular complexity index is 1690. The third-order valence-corrected chi connectivity index (χ3v) is 7.99. The van der Waals surface area contributed by atoms with Gasteiger partial charge in [0.25, 0.3) is 5.78 Å². The monoisotopic (exact) mass is 554 g/mol. The van der Waals surface area contributed by atoms with Crippen molar-refractivity contribution in [2.75, 3.05) is 18.6 Å². The molecule has 1 saturated heterocycles. The number of aliphatic hydroxyl groups excluding tert-OH is 1. The van der Waals surface area contributed by atoms with Crippen molar-refractivity contribution in [2.24, 2.45) is 0 Å². The standard InChI is InChI=1S/C31H26N2O6S/c1-4-13-38-21-8-5-18(6-9-21)27-26(28(34)19-7-12-24-20(15-19)14-17(2)39-24)29(35)30(36)33(27)31-32-23-11-10-22(37-3)16-25(23)40-31/h4-12,15-17,27,34H,1,13-14H2,2-3H3/t17-,27+/m0/s1. The normalized spacial score (nSPS) is 19.5. The minimum Gasteiger partial charge on any atom is -0.507 e. The van der Waals surface area contributed by atoms with Crippen LogP contribution >= 0.6 is 11.3 Å². The number of ketones is 1. The predicted molar refractivity (Wildman–Crippen MR) is 153 cm³/mol. The number of methoxy groups -OCH3 is 1. The summed E-state index contributed by atoms with van der Waals surface area (Å²) in [4.78, 5) is 33.2. The van der Waals surface area contributed by atoms with Gasteiger partial charge in [0, 0.05) is 12.0 Å². The maximum Gasteiger partial charge on any atom is 0.301 e. The Morgan fingerprint density at radius 2 is 1.93 bits per heavy atom. The summed E-state index contributed by atoms with van der Waals surface area (Å²) in [6.07, 6.45) is 2.36. The Morgan fingerprint density at radius 3 is 2.67 bits per heavy atom. The molecule has 0 radical (unpaired) electrons. The number of anilines is 1. The Morgan fingerprint density at radius 1 is 1.15 bits per heavy atom. The van der Waals surface area contributed by atoms with Crippen LogP contribution in [0.4, 0.5) is 5.13 Å². The number of aliphatic hydroxyl groups is 1. The number of carbonyl (C=O) groups is 2. The molecule has 1 aromatic heterocycles. The molecule has 0 unspecified atom stereocenters. The number of benzene rings is 3. The number of amides is 1. The highest BCUT2D eigenvalue weighted by molar-refractivity contribution is 7.22. The number of rotatable bonds is 7. The minimum atomic E-state index is -0.903. The predicted octanol–water partition coefficient (Wildman–Crippen LogP) is 5.82. The average molecular weight is 555 g/mol. The van der Waals surface area contributed by atoms with Gasteiger partial charge in [-0.05, 0) is 66.6 Å². The fourth-order valence-corrected chi connectivity index (χ4v) is 6.12. The molecule has 6 rings (SSSR count). The van der Waals surface area contributed by atoms with Crippen LogP contribution in [-0.4, -0.2) is 41.6 Å². The molecule has 1 amide bonds. The number of hydrogen-bond donors (Lipinski definition) is 1. The van der Waals surface area contributed by atoms with E-state index in [1.807, 2.05) is 19.1 Å². The molecule has 40 heavy (non-hydrogen) atoms. The third kappa shape index (κ3) is 4.38. The summed E-state index contributed by atoms with van der Waals surface area (Å²) in [5, 5.41) is 11.9. The quantitative estimate of drug-likeness (QED) is 0.133. The zero-order chi connectivity index (χ0) is 28.0. The van der Waals surface area contributed by atoms with Crippen LogP contribution in [0.15, 0.2) is 78.9 Å². The first-order chi connectivity index (χ1) is 19.4. The number of Topliss-reactive ketones (excluding diaryl/α,β-unsaturated/α-hetero) is 1. The fourth-order valence-electron chi connectivity index (χ4n) is 5.09. The van der Waals surface area contributed by atoms with Crippen molar-refractivity contribution in [3.63, 3.8) is 0 Å². The molecular formula is C31H26N2O6S. The summed E-state index contributed by atoms with van der Waals surface area (Å²) in [6, 6.07) is 16.9. The molecule has 9 heteroatoms. The summed E-state index contributed by atoms with van der Waals surface area (Å²) in [5.41, 5.74) is 2.67. The molecule has 8 nitrogen and oxygen atoms in total. The van der Waals surface area contributed by atoms with E-state index in [0.29, 0.717) is 46.3 Å². The highest BCUT2D eigenvalue weighted by Crippen LogP contribution is 2.45. The maximum atomic E-state index is 13.6. The lowest BCUT2D eigenvalue weighted by Crippen LogP contribution is -2.29. The van der Waals surface area contributed by atoms with Gasteiger partial charge in [0.1, 0.15) is 35.7 Å². The largest absolute Gasteiger partial charge is 0.507 e. The maximum absolute atomic E-state index is 13.6. The third-order valence-electron chi connectivity index (χ3n) is 6.97. The van der Waals surface area contributed by atoms with Crippen LogP contribution in [0, 0.1) is 0 Å². The Hall–Kier alpha value is -4.63. The van der Waals surface area contributed by atoms with Crippen LogP contribution in [0.3, 0.4) is 0 Å². The summed E-state index contributed by atoms with van der Waals surface area (Å²) in [7, 11) is 1.58. The van der Waals surface area contributed by atoms with Gasteiger partial charge in [-0.1, -0.05) is 36.1 Å². The first-order valence-corrected chi connectivity index (χ1v) is 13.6. The average Bonchev–Trinajstić information content (AvgIpc) is 3.63. The molecule has 2 atom stereocenters. The lowest BCUT2D eigenvalue weighted by Gasteiger charge is -2.23. The molecular weight excluding hydrogens is 528 g/mol. The summed E-state index contributed by atoms with van der Waals surface area (Å²) >= 11 is 1.27. The van der Waals surface area contributed by atoms with Gasteiger partial charge in [-0.2, -0.15) is 0 Å². The van der Waals surface area contributed by atoms with E-state index in [4.69, 9.17) is 14.2 Å². The second-order valence-corrected chi connectivity index (χ2v) is 10.6. The van der Waals surface area contributed by atoms with Gasteiger partial charge in [0.05, 0.1) is 28.9 Å². The molecule has 3 heterocycles. The van der Waals surface area contributed by atoms with E-state index in [1.165, 1.54) is 16.2 Å². The number of ether oxygens (including phenoxy) is 3. The first-order valence-electron chi connectivity index (χ1n) is 12.8. The van der Waals surface area contributed by atoms with E-state index in [9.17, 15) is 14.7 Å². The van der Waals surface area contributed by atoms with E-state index in [2.05, 4.69) is 11.6 Å². The topological polar surface area (TPSA) is 98.2 Å². The Balaban J connectivity index is 1.49. The smallest absolute Gasteiger partial charge is 0.301 e. The lowest BCUT2D eigenvalue weighted by atomic mass is 9.94. The van der Waals surface area contributed by atoms with Gasteiger partial charge in [0.15, 0.2) is 5.13 Å². The number of carbonyl (C=O) groups excluding carboxylic acids is 2. The SMILES string of the molecule is C=CCOc1ccc([C@@H]2C(=C(O)c3ccc4c(c3)C[C@H](C)O4)C(=O)C(=O)N2c2nc3ccc(OC)cc3s2)cc1. The second kappa shape index (κ2) is 10.2. The zero-order valence-electron chi connectivity index (χ0n) is 21.9. The van der Waals surface area contributed by atoms with Crippen LogP contribution in [-0.2, 0) is 16.0 Å². The summed E-state index contributed by atoms with van der Waals surface area (Å²) < 4.78 is 17.6. The number of aromatic nitrogens is 1. The van der Waals surface area contributed by atoms with Crippen LogP contribution < -0.4 is 19.1 Å². The molecule has 2 aliphatic heterocycles. The van der Waals surface area contributed by atoms with Gasteiger partial charge >= 0.3 is 5.91 Å². The van der Waals surface area contributed by atoms with Gasteiger partial charge < -0.3 is 19.3 Å². The van der Waals surface area contributed by atoms with E-state index in [0.717, 1.165) is 16.0 Å². The minimum absolute atomic E-state index is 0.00601. The Labute approximate surface area is 234 Å². The van der Waals surface area contributed by atoms with Crippen molar-refractivity contribution in [1.29, 1.82) is 0 Å². The molecule has 3 aromatic carbocycles. The van der Waals surface area contributed by atoms with Crippen molar-refractivity contribution >= 4 is 44.1 Å². The zero-order valence-corrected chi connectivity index (χ0v) is 22.7. The van der Waals surface area contributed by atoms with Crippen LogP contribution in [0.2, 0.25) is 0 Å².